The first-order chi connectivity index (χ1) is 19.1. The molecule has 1 heterocycles. The third-order valence-corrected chi connectivity index (χ3v) is 7.76. The highest BCUT2D eigenvalue weighted by atomic mass is 19.1. The molecule has 1 saturated carbocycles. The quantitative estimate of drug-likeness (QED) is 0.320. The minimum atomic E-state index is -0.345. The van der Waals surface area contributed by atoms with Gasteiger partial charge in [0.25, 0.3) is 0 Å². The van der Waals surface area contributed by atoms with E-state index in [2.05, 4.69) is 22.3 Å². The van der Waals surface area contributed by atoms with Crippen molar-refractivity contribution in [1.82, 2.24) is 10.2 Å². The third-order valence-electron chi connectivity index (χ3n) is 7.76. The van der Waals surface area contributed by atoms with E-state index in [-0.39, 0.29) is 24.6 Å². The Labute approximate surface area is 230 Å². The first-order valence-electron chi connectivity index (χ1n) is 14.0. The zero-order valence-electron chi connectivity index (χ0n) is 22.7. The number of carbonyl (C=O) groups is 1. The molecule has 1 saturated heterocycles. The van der Waals surface area contributed by atoms with Crippen molar-refractivity contribution >= 4 is 6.09 Å². The van der Waals surface area contributed by atoms with Gasteiger partial charge in [-0.1, -0.05) is 42.5 Å². The number of benzene rings is 3. The topological polar surface area (TPSA) is 60.0 Å². The van der Waals surface area contributed by atoms with Gasteiger partial charge in [-0.2, -0.15) is 0 Å². The Morgan fingerprint density at radius 3 is 2.28 bits per heavy atom. The molecule has 1 aliphatic heterocycles. The molecule has 1 aliphatic carbocycles. The number of amides is 1. The Bertz CT molecular complexity index is 1220. The van der Waals surface area contributed by atoms with Gasteiger partial charge >= 0.3 is 6.09 Å². The normalized spacial score (nSPS) is 20.4. The van der Waals surface area contributed by atoms with Gasteiger partial charge in [0.1, 0.15) is 23.9 Å². The average Bonchev–Trinajstić information content (AvgIpc) is 3.52. The molecule has 0 bridgehead atoms. The van der Waals surface area contributed by atoms with Crippen LogP contribution in [0.2, 0.25) is 0 Å². The smallest absolute Gasteiger partial charge is 0.407 e. The van der Waals surface area contributed by atoms with Crippen molar-refractivity contribution in [2.24, 2.45) is 5.92 Å². The summed E-state index contributed by atoms with van der Waals surface area (Å²) >= 11 is 0. The van der Waals surface area contributed by atoms with E-state index in [9.17, 15) is 9.18 Å². The maximum Gasteiger partial charge on any atom is 0.407 e. The lowest BCUT2D eigenvalue weighted by Crippen LogP contribution is -2.39. The highest BCUT2D eigenvalue weighted by Gasteiger charge is 2.44. The lowest BCUT2D eigenvalue weighted by molar-refractivity contribution is 0.132. The molecule has 1 N–H and O–H groups in total. The van der Waals surface area contributed by atoms with Gasteiger partial charge in [0, 0.05) is 18.6 Å². The van der Waals surface area contributed by atoms with Crippen LogP contribution in [0.5, 0.6) is 11.5 Å². The van der Waals surface area contributed by atoms with E-state index in [0.29, 0.717) is 25.2 Å². The number of likely N-dealkylation sites (tertiary alicyclic amines) is 1. The number of fused-ring (bicyclic) bond motifs is 1. The van der Waals surface area contributed by atoms with E-state index >= 15 is 0 Å². The lowest BCUT2D eigenvalue weighted by Gasteiger charge is -2.25. The summed E-state index contributed by atoms with van der Waals surface area (Å²) in [7, 11) is 0. The van der Waals surface area contributed by atoms with Crippen molar-refractivity contribution in [2.45, 2.75) is 58.3 Å². The first-order valence-corrected chi connectivity index (χ1v) is 14.0. The van der Waals surface area contributed by atoms with Crippen LogP contribution in [-0.2, 0) is 17.9 Å². The van der Waals surface area contributed by atoms with Gasteiger partial charge in [-0.3, -0.25) is 4.90 Å². The van der Waals surface area contributed by atoms with Gasteiger partial charge in [0.05, 0.1) is 18.8 Å². The lowest BCUT2D eigenvalue weighted by atomic mass is 9.99. The molecule has 3 unspecified atom stereocenters. The van der Waals surface area contributed by atoms with Gasteiger partial charge < -0.3 is 19.5 Å². The number of alkyl carbamates (subject to hydrolysis) is 1. The molecule has 3 aromatic carbocycles. The van der Waals surface area contributed by atoms with Crippen molar-refractivity contribution in [1.29, 1.82) is 0 Å². The van der Waals surface area contributed by atoms with Crippen LogP contribution in [0.4, 0.5) is 9.18 Å². The second-order valence-electron chi connectivity index (χ2n) is 10.2. The van der Waals surface area contributed by atoms with Crippen LogP contribution in [0, 0.1) is 11.7 Å². The van der Waals surface area contributed by atoms with Crippen LogP contribution in [0.1, 0.15) is 44.2 Å². The zero-order valence-corrected chi connectivity index (χ0v) is 22.7. The maximum atomic E-state index is 13.6. The molecule has 3 aromatic rings. The second kappa shape index (κ2) is 12.5. The van der Waals surface area contributed by atoms with Crippen molar-refractivity contribution in [3.63, 3.8) is 0 Å². The highest BCUT2D eigenvalue weighted by molar-refractivity contribution is 5.77. The summed E-state index contributed by atoms with van der Waals surface area (Å²) in [5.74, 6) is 1.62. The molecular formula is C32H37FN2O4. The van der Waals surface area contributed by atoms with Gasteiger partial charge in [-0.05, 0) is 86.5 Å². The Hall–Kier alpha value is -3.58. The van der Waals surface area contributed by atoms with Crippen LogP contribution in [-0.4, -0.2) is 42.8 Å². The predicted molar refractivity (Wildman–Crippen MR) is 149 cm³/mol. The molecule has 7 heteroatoms. The van der Waals surface area contributed by atoms with E-state index in [0.717, 1.165) is 66.1 Å². The number of hydrogen-bond acceptors (Lipinski definition) is 5. The number of ether oxygens (including phenoxy) is 3. The minimum absolute atomic E-state index is 0.127. The van der Waals surface area contributed by atoms with E-state index in [1.54, 1.807) is 12.1 Å². The summed E-state index contributed by atoms with van der Waals surface area (Å²) in [4.78, 5) is 15.0. The van der Waals surface area contributed by atoms with Crippen LogP contribution in [0.25, 0.3) is 11.1 Å². The van der Waals surface area contributed by atoms with Crippen LogP contribution in [0.3, 0.4) is 0 Å². The molecule has 0 spiro atoms. The summed E-state index contributed by atoms with van der Waals surface area (Å²) in [5, 5.41) is 3.13. The number of carbonyl (C=O) groups excluding carboxylic acids is 1. The maximum absolute atomic E-state index is 13.6. The van der Waals surface area contributed by atoms with Crippen LogP contribution < -0.4 is 14.8 Å². The monoisotopic (exact) mass is 532 g/mol. The van der Waals surface area contributed by atoms with Crippen molar-refractivity contribution in [3.05, 3.63) is 83.7 Å². The fourth-order valence-corrected chi connectivity index (χ4v) is 6.08. The summed E-state index contributed by atoms with van der Waals surface area (Å²) in [6.07, 6.45) is 2.68. The average molecular weight is 533 g/mol. The Morgan fingerprint density at radius 2 is 1.62 bits per heavy atom. The summed E-state index contributed by atoms with van der Waals surface area (Å²) in [6, 6.07) is 20.9. The number of nitrogens with zero attached hydrogens (tertiary/aromatic N) is 1. The number of rotatable bonds is 10. The molecule has 3 atom stereocenters. The van der Waals surface area contributed by atoms with Gasteiger partial charge in [-0.25, -0.2) is 9.18 Å². The highest BCUT2D eigenvalue weighted by Crippen LogP contribution is 2.42. The van der Waals surface area contributed by atoms with E-state index in [1.165, 1.54) is 12.1 Å². The van der Waals surface area contributed by atoms with Gasteiger partial charge in [0.2, 0.25) is 0 Å². The zero-order chi connectivity index (χ0) is 27.2. The molecule has 2 fully saturated rings. The number of hydrogen-bond donors (Lipinski definition) is 1. The van der Waals surface area contributed by atoms with E-state index in [1.807, 2.05) is 44.2 Å². The largest absolute Gasteiger partial charge is 0.493 e. The fourth-order valence-electron chi connectivity index (χ4n) is 6.08. The second-order valence-corrected chi connectivity index (χ2v) is 10.2. The third kappa shape index (κ3) is 6.36. The standard InChI is InChI=1S/C32H37FN2O4/c1-3-37-29-18-23(19-30(38-4-2)31(29)24-10-12-25(33)13-11-24)20-35-17-16-26-27(14-15-28(26)35)34-32(36)39-21-22-8-6-5-7-9-22/h5-13,18-19,26-28H,3-4,14-17,20-21H2,1-2H3,(H,34,36). The van der Waals surface area contributed by atoms with Gasteiger partial charge in [0.15, 0.2) is 0 Å². The van der Waals surface area contributed by atoms with E-state index < -0.39 is 0 Å². The van der Waals surface area contributed by atoms with E-state index in [4.69, 9.17) is 14.2 Å². The molecule has 2 aliphatic rings. The first kappa shape index (κ1) is 27.0. The summed E-state index contributed by atoms with van der Waals surface area (Å²) in [5.41, 5.74) is 3.81. The van der Waals surface area contributed by atoms with Crippen molar-refractivity contribution in [3.8, 4) is 22.6 Å². The molecule has 39 heavy (non-hydrogen) atoms. The summed E-state index contributed by atoms with van der Waals surface area (Å²) in [6.45, 7) is 6.98. The number of nitrogens with one attached hydrogen (secondary N) is 1. The molecule has 206 valence electrons. The van der Waals surface area contributed by atoms with Crippen LogP contribution >= 0.6 is 0 Å². The Morgan fingerprint density at radius 1 is 0.923 bits per heavy atom. The van der Waals surface area contributed by atoms with Crippen molar-refractivity contribution < 1.29 is 23.4 Å². The molecule has 1 amide bonds. The SMILES string of the molecule is CCOc1cc(CN2CCC3C(NC(=O)OCc4ccccc4)CCC32)cc(OCC)c1-c1ccc(F)cc1. The molecule has 0 aromatic heterocycles. The minimum Gasteiger partial charge on any atom is -0.493 e. The van der Waals surface area contributed by atoms with Crippen molar-refractivity contribution in [2.75, 3.05) is 19.8 Å². The predicted octanol–water partition coefficient (Wildman–Crippen LogP) is 6.57. The molecule has 5 rings (SSSR count). The Kier molecular flexibility index (Phi) is 8.67. The molecule has 6 nitrogen and oxygen atoms in total. The summed E-state index contributed by atoms with van der Waals surface area (Å²) < 4.78 is 31.2. The van der Waals surface area contributed by atoms with Crippen LogP contribution in [0.15, 0.2) is 66.7 Å². The number of halogens is 1. The molecule has 0 radical (unpaired) electrons. The fraction of sp³-hybridized carbons (Fsp3) is 0.406. The molecular weight excluding hydrogens is 495 g/mol. The Balaban J connectivity index is 1.27. The van der Waals surface area contributed by atoms with Gasteiger partial charge in [-0.15, -0.1) is 0 Å².